The van der Waals surface area contributed by atoms with E-state index in [9.17, 15) is 23.6 Å². The van der Waals surface area contributed by atoms with Crippen molar-refractivity contribution in [3.05, 3.63) is 44.3 Å². The maximum absolute atomic E-state index is 12.2. The first-order chi connectivity index (χ1) is 9.72. The zero-order chi connectivity index (χ0) is 15.8. The lowest BCUT2D eigenvalue weighted by atomic mass is 10.2. The van der Waals surface area contributed by atoms with Crippen molar-refractivity contribution in [3.8, 4) is 5.75 Å². The third-order valence-electron chi connectivity index (χ3n) is 2.59. The number of phenolic OH excluding ortho intramolecular Hbond substituents is 1. The first-order valence-electron chi connectivity index (χ1n) is 5.47. The van der Waals surface area contributed by atoms with Gasteiger partial charge < -0.3 is 5.11 Å². The summed E-state index contributed by atoms with van der Waals surface area (Å²) in [4.78, 5) is 9.93. The molecular weight excluding hydrogens is 340 g/mol. The standard InChI is InChI=1S/C11H9ClN2O5S2/c1-6-3-2-4-7(10(6)15)13-21(18,19)9-5-8(14(16)17)11(12)20-9/h2-5,13,15H,1H3. The van der Waals surface area contributed by atoms with Gasteiger partial charge in [0.2, 0.25) is 0 Å². The topological polar surface area (TPSA) is 110 Å². The van der Waals surface area contributed by atoms with Gasteiger partial charge in [0.15, 0.2) is 4.34 Å². The van der Waals surface area contributed by atoms with Crippen LogP contribution in [-0.2, 0) is 10.0 Å². The predicted octanol–water partition coefficient (Wildman–Crippen LogP) is 3.12. The molecule has 1 heterocycles. The van der Waals surface area contributed by atoms with Crippen molar-refractivity contribution in [2.75, 3.05) is 4.72 Å². The summed E-state index contributed by atoms with van der Waals surface area (Å²) >= 11 is 6.21. The van der Waals surface area contributed by atoms with Crippen LogP contribution in [-0.4, -0.2) is 18.4 Å². The van der Waals surface area contributed by atoms with Crippen LogP contribution in [0.3, 0.4) is 0 Å². The summed E-state index contributed by atoms with van der Waals surface area (Å²) in [7, 11) is -4.07. The number of nitro groups is 1. The summed E-state index contributed by atoms with van der Waals surface area (Å²) in [5, 5.41) is 20.5. The highest BCUT2D eigenvalue weighted by molar-refractivity contribution is 7.94. The Balaban J connectivity index is 2.41. The number of benzene rings is 1. The largest absolute Gasteiger partial charge is 0.505 e. The molecule has 0 unspecified atom stereocenters. The summed E-state index contributed by atoms with van der Waals surface area (Å²) in [6, 6.07) is 5.43. The Bertz CT molecular complexity index is 816. The number of anilines is 1. The minimum Gasteiger partial charge on any atom is -0.505 e. The molecule has 0 atom stereocenters. The molecule has 0 aliphatic rings. The number of rotatable bonds is 4. The normalized spacial score (nSPS) is 11.3. The number of aromatic hydroxyl groups is 1. The highest BCUT2D eigenvalue weighted by atomic mass is 35.5. The summed E-state index contributed by atoms with van der Waals surface area (Å²) in [5.41, 5.74) is 0.00285. The minimum absolute atomic E-state index is 0.0119. The molecule has 10 heteroatoms. The summed E-state index contributed by atoms with van der Waals surface area (Å²) in [6.45, 7) is 1.61. The smallest absolute Gasteiger partial charge is 0.300 e. The van der Waals surface area contributed by atoms with Crippen molar-refractivity contribution in [3.63, 3.8) is 0 Å². The van der Waals surface area contributed by atoms with Crippen LogP contribution in [0, 0.1) is 17.0 Å². The molecule has 7 nitrogen and oxygen atoms in total. The molecule has 0 spiro atoms. The molecule has 0 saturated carbocycles. The van der Waals surface area contributed by atoms with Gasteiger partial charge in [-0.15, -0.1) is 11.3 Å². The highest BCUT2D eigenvalue weighted by Crippen LogP contribution is 2.37. The Hall–Kier alpha value is -1.84. The summed E-state index contributed by atoms with van der Waals surface area (Å²) < 4.78 is 26.0. The monoisotopic (exact) mass is 348 g/mol. The van der Waals surface area contributed by atoms with Crippen LogP contribution in [0.5, 0.6) is 5.75 Å². The highest BCUT2D eigenvalue weighted by Gasteiger charge is 2.26. The van der Waals surface area contributed by atoms with E-state index in [4.69, 9.17) is 11.6 Å². The molecule has 1 aromatic heterocycles. The molecule has 0 radical (unpaired) electrons. The molecule has 2 N–H and O–H groups in total. The lowest BCUT2D eigenvalue weighted by Crippen LogP contribution is -2.11. The Labute approximate surface area is 129 Å². The zero-order valence-corrected chi connectivity index (χ0v) is 12.9. The fourth-order valence-corrected chi connectivity index (χ4v) is 4.26. The Kier molecular flexibility index (Phi) is 4.08. The molecule has 0 amide bonds. The maximum Gasteiger partial charge on any atom is 0.300 e. The second-order valence-electron chi connectivity index (χ2n) is 4.06. The average Bonchev–Trinajstić information content (AvgIpc) is 2.78. The number of hydrogen-bond acceptors (Lipinski definition) is 6. The second kappa shape index (κ2) is 5.51. The van der Waals surface area contributed by atoms with E-state index in [0.717, 1.165) is 6.07 Å². The van der Waals surface area contributed by atoms with Crippen molar-refractivity contribution in [1.82, 2.24) is 0 Å². The van der Waals surface area contributed by atoms with E-state index in [-0.39, 0.29) is 20.0 Å². The van der Waals surface area contributed by atoms with E-state index >= 15 is 0 Å². The lowest BCUT2D eigenvalue weighted by Gasteiger charge is -2.09. The van der Waals surface area contributed by atoms with Crippen LogP contribution in [0.2, 0.25) is 4.34 Å². The minimum atomic E-state index is -4.07. The van der Waals surface area contributed by atoms with Gasteiger partial charge in [-0.25, -0.2) is 8.42 Å². The fraction of sp³-hybridized carbons (Fsp3) is 0.0909. The maximum atomic E-state index is 12.2. The van der Waals surface area contributed by atoms with E-state index in [0.29, 0.717) is 16.9 Å². The molecule has 0 aliphatic carbocycles. The van der Waals surface area contributed by atoms with Gasteiger partial charge in [-0.1, -0.05) is 23.7 Å². The van der Waals surface area contributed by atoms with E-state index < -0.39 is 20.6 Å². The molecule has 0 fully saturated rings. The Morgan fingerprint density at radius 1 is 1.43 bits per heavy atom. The van der Waals surface area contributed by atoms with Crippen molar-refractivity contribution >= 4 is 44.3 Å². The van der Waals surface area contributed by atoms with Gasteiger partial charge in [0, 0.05) is 6.07 Å². The average molecular weight is 349 g/mol. The number of nitrogens with zero attached hydrogens (tertiary/aromatic N) is 1. The van der Waals surface area contributed by atoms with E-state index in [1.165, 1.54) is 6.07 Å². The van der Waals surface area contributed by atoms with E-state index in [1.54, 1.807) is 19.1 Å². The van der Waals surface area contributed by atoms with Crippen molar-refractivity contribution < 1.29 is 18.4 Å². The predicted molar refractivity (Wildman–Crippen MR) is 79.6 cm³/mol. The molecule has 0 aliphatic heterocycles. The summed E-state index contributed by atoms with van der Waals surface area (Å²) in [5.74, 6) is -0.210. The zero-order valence-electron chi connectivity index (χ0n) is 10.5. The number of halogens is 1. The van der Waals surface area contributed by atoms with Crippen LogP contribution in [0.15, 0.2) is 28.5 Å². The van der Waals surface area contributed by atoms with Gasteiger partial charge in [0.25, 0.3) is 15.7 Å². The molecule has 0 bridgehead atoms. The number of sulfonamides is 1. The molecule has 112 valence electrons. The van der Waals surface area contributed by atoms with Gasteiger partial charge in [-0.2, -0.15) is 0 Å². The van der Waals surface area contributed by atoms with Gasteiger partial charge in [0.05, 0.1) is 10.6 Å². The molecular formula is C11H9ClN2O5S2. The van der Waals surface area contributed by atoms with Crippen LogP contribution in [0.25, 0.3) is 0 Å². The van der Waals surface area contributed by atoms with Crippen LogP contribution >= 0.6 is 22.9 Å². The number of phenols is 1. The van der Waals surface area contributed by atoms with Crippen LogP contribution in [0.4, 0.5) is 11.4 Å². The molecule has 0 saturated heterocycles. The summed E-state index contributed by atoms with van der Waals surface area (Å²) in [6.07, 6.45) is 0. The Morgan fingerprint density at radius 3 is 2.67 bits per heavy atom. The van der Waals surface area contributed by atoms with Crippen LogP contribution < -0.4 is 4.72 Å². The number of nitrogens with one attached hydrogen (secondary N) is 1. The van der Waals surface area contributed by atoms with Crippen molar-refractivity contribution in [2.24, 2.45) is 0 Å². The third kappa shape index (κ3) is 3.09. The van der Waals surface area contributed by atoms with Gasteiger partial charge in [-0.05, 0) is 18.6 Å². The Morgan fingerprint density at radius 2 is 2.10 bits per heavy atom. The van der Waals surface area contributed by atoms with Gasteiger partial charge in [0.1, 0.15) is 9.96 Å². The van der Waals surface area contributed by atoms with Crippen LogP contribution in [0.1, 0.15) is 5.56 Å². The lowest BCUT2D eigenvalue weighted by molar-refractivity contribution is -0.384. The quantitative estimate of drug-likeness (QED) is 0.501. The third-order valence-corrected chi connectivity index (χ3v) is 5.77. The number of aryl methyl sites for hydroxylation is 1. The molecule has 2 rings (SSSR count). The van der Waals surface area contributed by atoms with Gasteiger partial charge in [-0.3, -0.25) is 14.8 Å². The first kappa shape index (κ1) is 15.5. The van der Waals surface area contributed by atoms with Crippen molar-refractivity contribution in [1.29, 1.82) is 0 Å². The van der Waals surface area contributed by atoms with E-state index in [2.05, 4.69) is 4.72 Å². The SMILES string of the molecule is Cc1cccc(NS(=O)(=O)c2cc([N+](=O)[O-])c(Cl)s2)c1O. The number of para-hydroxylation sites is 1. The van der Waals surface area contributed by atoms with Gasteiger partial charge >= 0.3 is 0 Å². The number of hydrogen-bond donors (Lipinski definition) is 2. The second-order valence-corrected chi connectivity index (χ2v) is 7.62. The fourth-order valence-electron chi connectivity index (χ4n) is 1.53. The first-order valence-corrected chi connectivity index (χ1v) is 8.15. The van der Waals surface area contributed by atoms with E-state index in [1.807, 2.05) is 0 Å². The number of thiophene rings is 1. The molecule has 1 aromatic carbocycles. The molecule has 21 heavy (non-hydrogen) atoms. The molecule has 2 aromatic rings. The van der Waals surface area contributed by atoms with Crippen molar-refractivity contribution in [2.45, 2.75) is 11.1 Å².